The first-order valence-corrected chi connectivity index (χ1v) is 10.7. The zero-order valence-electron chi connectivity index (χ0n) is 18.5. The van der Waals surface area contributed by atoms with Crippen molar-refractivity contribution in [1.82, 2.24) is 4.98 Å². The van der Waals surface area contributed by atoms with Gasteiger partial charge in [-0.15, -0.1) is 0 Å². The minimum atomic E-state index is -4.51. The van der Waals surface area contributed by atoms with Crippen molar-refractivity contribution < 1.29 is 27.5 Å². The van der Waals surface area contributed by atoms with Crippen LogP contribution in [0, 0.1) is 0 Å². The zero-order valence-corrected chi connectivity index (χ0v) is 18.5. The van der Waals surface area contributed by atoms with E-state index in [1.165, 1.54) is 36.0 Å². The zero-order chi connectivity index (χ0) is 24.6. The molecule has 0 aliphatic carbocycles. The number of amides is 1. The Kier molecular flexibility index (Phi) is 8.24. The molecule has 0 spiro atoms. The van der Waals surface area contributed by atoms with E-state index in [0.717, 1.165) is 31.4 Å². The Bertz CT molecular complexity index is 1130. The molecule has 0 radical (unpaired) electrons. The van der Waals surface area contributed by atoms with E-state index in [4.69, 9.17) is 4.74 Å². The number of aryl methyl sites for hydroxylation is 1. The molecular weight excluding hydrogens is 447 g/mol. The van der Waals surface area contributed by atoms with Crippen LogP contribution in [0.25, 0.3) is 0 Å². The van der Waals surface area contributed by atoms with Gasteiger partial charge in [0.1, 0.15) is 11.4 Å². The first kappa shape index (κ1) is 24.8. The quantitative estimate of drug-likeness (QED) is 0.375. The van der Waals surface area contributed by atoms with Crippen LogP contribution in [0.2, 0.25) is 0 Å². The lowest BCUT2D eigenvalue weighted by atomic mass is 10.1. The normalized spacial score (nSPS) is 11.1. The summed E-state index contributed by atoms with van der Waals surface area (Å²) in [5.41, 5.74) is 0.988. The van der Waals surface area contributed by atoms with Gasteiger partial charge in [-0.2, -0.15) is 13.2 Å². The van der Waals surface area contributed by atoms with Gasteiger partial charge in [0, 0.05) is 17.6 Å². The fraction of sp³-hybridized carbons (Fsp3) is 0.240. The number of nitrogens with zero attached hydrogens (tertiary/aromatic N) is 1. The molecule has 0 saturated carbocycles. The van der Waals surface area contributed by atoms with Gasteiger partial charge in [0.15, 0.2) is 6.61 Å². The number of rotatable bonds is 9. The lowest BCUT2D eigenvalue weighted by Gasteiger charge is -2.13. The lowest BCUT2D eigenvalue weighted by molar-refractivity contribution is -0.137. The fourth-order valence-electron chi connectivity index (χ4n) is 3.12. The number of ether oxygens (including phenoxy) is 1. The summed E-state index contributed by atoms with van der Waals surface area (Å²) in [6, 6.07) is 14.8. The van der Waals surface area contributed by atoms with Crippen molar-refractivity contribution in [2.75, 3.05) is 17.2 Å². The van der Waals surface area contributed by atoms with Crippen LogP contribution in [0.5, 0.6) is 0 Å². The number of anilines is 3. The number of nitrogens with one attached hydrogen (secondary N) is 2. The SMILES string of the molecule is CCCCc1ccc(NC(=O)COC(=O)c2cccnc2Nc2cccc(C(F)(F)F)c2)cc1. The molecule has 6 nitrogen and oxygen atoms in total. The number of esters is 1. The highest BCUT2D eigenvalue weighted by Crippen LogP contribution is 2.31. The van der Waals surface area contributed by atoms with Crippen LogP contribution in [-0.2, 0) is 22.1 Å². The number of pyridine rings is 1. The molecule has 0 saturated heterocycles. The Labute approximate surface area is 195 Å². The highest BCUT2D eigenvalue weighted by atomic mass is 19.4. The summed E-state index contributed by atoms with van der Waals surface area (Å²) in [6.45, 7) is 1.58. The van der Waals surface area contributed by atoms with Crippen molar-refractivity contribution in [3.8, 4) is 0 Å². The third-order valence-corrected chi connectivity index (χ3v) is 4.87. The molecule has 1 heterocycles. The van der Waals surface area contributed by atoms with Gasteiger partial charge >= 0.3 is 12.1 Å². The van der Waals surface area contributed by atoms with E-state index in [2.05, 4.69) is 22.5 Å². The molecule has 2 aromatic carbocycles. The standard InChI is InChI=1S/C25H24F3N3O3/c1-2-3-6-17-10-12-19(13-11-17)30-22(32)16-34-24(33)21-9-5-14-29-23(21)31-20-8-4-7-18(15-20)25(26,27)28/h4-5,7-15H,2-3,6,16H2,1H3,(H,29,31)(H,30,32). The van der Waals surface area contributed by atoms with Crippen molar-refractivity contribution in [3.05, 3.63) is 83.6 Å². The predicted octanol–water partition coefficient (Wildman–Crippen LogP) is 5.98. The number of carbonyl (C=O) groups is 2. The van der Waals surface area contributed by atoms with Crippen LogP contribution in [0.15, 0.2) is 66.9 Å². The number of unbranched alkanes of at least 4 members (excludes halogenated alkanes) is 1. The Morgan fingerprint density at radius 3 is 2.47 bits per heavy atom. The predicted molar refractivity (Wildman–Crippen MR) is 123 cm³/mol. The summed E-state index contributed by atoms with van der Waals surface area (Å²) in [5, 5.41) is 5.35. The molecule has 3 rings (SSSR count). The summed E-state index contributed by atoms with van der Waals surface area (Å²) in [4.78, 5) is 28.7. The number of hydrogen-bond acceptors (Lipinski definition) is 5. The van der Waals surface area contributed by atoms with Crippen LogP contribution < -0.4 is 10.6 Å². The van der Waals surface area contributed by atoms with Crippen molar-refractivity contribution in [2.45, 2.75) is 32.4 Å². The third-order valence-electron chi connectivity index (χ3n) is 4.87. The maximum absolute atomic E-state index is 13.0. The van der Waals surface area contributed by atoms with Crippen LogP contribution in [0.3, 0.4) is 0 Å². The number of hydrogen-bond donors (Lipinski definition) is 2. The van der Waals surface area contributed by atoms with E-state index in [1.54, 1.807) is 12.1 Å². The second kappa shape index (κ2) is 11.3. The highest BCUT2D eigenvalue weighted by Gasteiger charge is 2.30. The second-order valence-electron chi connectivity index (χ2n) is 7.53. The molecule has 0 aliphatic heterocycles. The molecule has 0 atom stereocenters. The van der Waals surface area contributed by atoms with Crippen molar-refractivity contribution >= 4 is 29.1 Å². The molecule has 34 heavy (non-hydrogen) atoms. The van der Waals surface area contributed by atoms with Gasteiger partial charge in [-0.25, -0.2) is 9.78 Å². The Morgan fingerprint density at radius 2 is 1.76 bits per heavy atom. The van der Waals surface area contributed by atoms with E-state index in [1.807, 2.05) is 12.1 Å². The monoisotopic (exact) mass is 471 g/mol. The maximum atomic E-state index is 13.0. The van der Waals surface area contributed by atoms with Gasteiger partial charge in [0.2, 0.25) is 0 Å². The Balaban J connectivity index is 1.60. The van der Waals surface area contributed by atoms with Gasteiger partial charge < -0.3 is 15.4 Å². The summed E-state index contributed by atoms with van der Waals surface area (Å²) in [7, 11) is 0. The second-order valence-corrected chi connectivity index (χ2v) is 7.53. The van der Waals surface area contributed by atoms with Crippen molar-refractivity contribution in [2.24, 2.45) is 0 Å². The highest BCUT2D eigenvalue weighted by molar-refractivity contribution is 5.98. The molecule has 2 N–H and O–H groups in total. The number of carbonyl (C=O) groups excluding carboxylic acids is 2. The molecule has 178 valence electrons. The lowest BCUT2D eigenvalue weighted by Crippen LogP contribution is -2.21. The molecule has 0 aliphatic rings. The summed E-state index contributed by atoms with van der Waals surface area (Å²) in [6.07, 6.45) is 0.0131. The average Bonchev–Trinajstić information content (AvgIpc) is 2.82. The average molecular weight is 471 g/mol. The number of aromatic nitrogens is 1. The number of halogens is 3. The molecule has 1 aromatic heterocycles. The maximum Gasteiger partial charge on any atom is 0.416 e. The molecule has 0 bridgehead atoms. The van der Waals surface area contributed by atoms with E-state index < -0.39 is 30.2 Å². The summed E-state index contributed by atoms with van der Waals surface area (Å²) < 4.78 is 44.0. The first-order valence-electron chi connectivity index (χ1n) is 10.7. The topological polar surface area (TPSA) is 80.3 Å². The van der Waals surface area contributed by atoms with Gasteiger partial charge in [-0.1, -0.05) is 31.5 Å². The van der Waals surface area contributed by atoms with Crippen molar-refractivity contribution in [1.29, 1.82) is 0 Å². The molecule has 3 aromatic rings. The number of alkyl halides is 3. The molecular formula is C25H24F3N3O3. The fourth-order valence-corrected chi connectivity index (χ4v) is 3.12. The van der Waals surface area contributed by atoms with Gasteiger partial charge in [0.05, 0.1) is 5.56 Å². The van der Waals surface area contributed by atoms with E-state index in [0.29, 0.717) is 5.69 Å². The van der Waals surface area contributed by atoms with Crippen LogP contribution >= 0.6 is 0 Å². The molecule has 1 amide bonds. The van der Waals surface area contributed by atoms with E-state index >= 15 is 0 Å². The van der Waals surface area contributed by atoms with E-state index in [-0.39, 0.29) is 17.1 Å². The van der Waals surface area contributed by atoms with Gasteiger partial charge in [-0.3, -0.25) is 4.79 Å². The smallest absolute Gasteiger partial charge is 0.416 e. The minimum Gasteiger partial charge on any atom is -0.452 e. The third kappa shape index (κ3) is 7.06. The molecule has 0 unspecified atom stereocenters. The largest absolute Gasteiger partial charge is 0.452 e. The van der Waals surface area contributed by atoms with Crippen LogP contribution in [-0.4, -0.2) is 23.5 Å². The minimum absolute atomic E-state index is 0.00917. The Morgan fingerprint density at radius 1 is 1.00 bits per heavy atom. The molecule has 9 heteroatoms. The summed E-state index contributed by atoms with van der Waals surface area (Å²) >= 11 is 0. The molecule has 0 fully saturated rings. The first-order chi connectivity index (χ1) is 16.3. The van der Waals surface area contributed by atoms with Crippen LogP contribution in [0.1, 0.15) is 41.3 Å². The van der Waals surface area contributed by atoms with Crippen LogP contribution in [0.4, 0.5) is 30.4 Å². The van der Waals surface area contributed by atoms with Crippen molar-refractivity contribution in [3.63, 3.8) is 0 Å². The van der Waals surface area contributed by atoms with Gasteiger partial charge in [-0.05, 0) is 60.9 Å². The van der Waals surface area contributed by atoms with E-state index in [9.17, 15) is 22.8 Å². The van der Waals surface area contributed by atoms with Gasteiger partial charge in [0.25, 0.3) is 5.91 Å². The number of benzene rings is 2. The summed E-state index contributed by atoms with van der Waals surface area (Å²) in [5.74, 6) is -1.35. The Hall–Kier alpha value is -3.88.